The van der Waals surface area contributed by atoms with Gasteiger partial charge >= 0.3 is 18.3 Å². The molecule has 1 heterocycles. The van der Waals surface area contributed by atoms with E-state index in [-0.39, 0.29) is 30.6 Å². The van der Waals surface area contributed by atoms with Gasteiger partial charge in [0.15, 0.2) is 6.61 Å². The molecule has 15 heteroatoms. The molecule has 0 atom stereocenters. The highest BCUT2D eigenvalue weighted by Crippen LogP contribution is 2.24. The van der Waals surface area contributed by atoms with Crippen LogP contribution in [0.1, 0.15) is 57.0 Å². The summed E-state index contributed by atoms with van der Waals surface area (Å²) in [5.41, 5.74) is 0.731. The Kier molecular flexibility index (Phi) is 13.7. The van der Waals surface area contributed by atoms with Crippen LogP contribution in [0.3, 0.4) is 0 Å². The van der Waals surface area contributed by atoms with Crippen molar-refractivity contribution >= 4 is 45.3 Å². The molecule has 0 bridgehead atoms. The molecule has 2 aromatic carbocycles. The Balaban J connectivity index is 1.62. The third-order valence-electron chi connectivity index (χ3n) is 6.27. The number of nitrogens with one attached hydrogen (secondary N) is 4. The second-order valence-electron chi connectivity index (χ2n) is 12.6. The van der Waals surface area contributed by atoms with Crippen LogP contribution in [0.4, 0.5) is 35.3 Å². The number of rotatable bonds is 16. The fourth-order valence-electron chi connectivity index (χ4n) is 3.89. The number of hydrogen-bond acceptors (Lipinski definition) is 9. The predicted octanol–water partition coefficient (Wildman–Crippen LogP) is 7.22. The predicted molar refractivity (Wildman–Crippen MR) is 181 cm³/mol. The van der Waals surface area contributed by atoms with Crippen molar-refractivity contribution in [3.8, 4) is 11.8 Å². The number of ether oxygens (including phenoxy) is 3. The van der Waals surface area contributed by atoms with E-state index in [1.54, 1.807) is 45.0 Å². The summed E-state index contributed by atoms with van der Waals surface area (Å²) < 4.78 is 54.3. The lowest BCUT2D eigenvalue weighted by atomic mass is 9.93. The average Bonchev–Trinajstić information content (AvgIpc) is 3.01. The second kappa shape index (κ2) is 17.2. The van der Waals surface area contributed by atoms with Gasteiger partial charge in [-0.2, -0.15) is 23.1 Å². The molecular formula is C33H42BrF3N6O5. The molecule has 1 aromatic heterocycles. The fraction of sp³-hybridized carbons (Fsp3) is 0.455. The normalized spacial score (nSPS) is 11.8. The smallest absolute Gasteiger partial charge is 0.422 e. The molecule has 0 saturated carbocycles. The molecule has 262 valence electrons. The number of hydrogen-bond donors (Lipinski definition) is 4. The zero-order valence-electron chi connectivity index (χ0n) is 27.6. The molecule has 48 heavy (non-hydrogen) atoms. The van der Waals surface area contributed by atoms with Crippen LogP contribution < -0.4 is 30.7 Å². The number of carbonyl (C=O) groups is 2. The summed E-state index contributed by atoms with van der Waals surface area (Å²) in [5, 5.41) is 12.5. The number of anilines is 3. The van der Waals surface area contributed by atoms with E-state index in [0.717, 1.165) is 23.1 Å². The molecule has 0 aliphatic carbocycles. The molecule has 0 unspecified atom stereocenters. The first kappa shape index (κ1) is 38.2. The quantitative estimate of drug-likeness (QED) is 0.0888. The first-order valence-electron chi connectivity index (χ1n) is 15.2. The highest BCUT2D eigenvalue weighted by atomic mass is 79.9. The molecule has 11 nitrogen and oxygen atoms in total. The van der Waals surface area contributed by atoms with Gasteiger partial charge in [0.2, 0.25) is 0 Å². The molecule has 0 aliphatic rings. The van der Waals surface area contributed by atoms with Crippen LogP contribution in [-0.4, -0.2) is 65.4 Å². The van der Waals surface area contributed by atoms with Crippen LogP contribution in [0.15, 0.2) is 54.6 Å². The Hall–Kier alpha value is -4.27. The van der Waals surface area contributed by atoms with Gasteiger partial charge in [0.25, 0.3) is 5.91 Å². The Morgan fingerprint density at radius 2 is 1.50 bits per heavy atom. The molecule has 4 N–H and O–H groups in total. The van der Waals surface area contributed by atoms with Gasteiger partial charge in [-0.25, -0.2) is 4.79 Å². The summed E-state index contributed by atoms with van der Waals surface area (Å²) in [6.45, 7) is 9.06. The number of carbonyl (C=O) groups excluding carboxylic acids is 2. The highest BCUT2D eigenvalue weighted by molar-refractivity contribution is 9.09. The van der Waals surface area contributed by atoms with Crippen LogP contribution in [-0.2, 0) is 11.3 Å². The first-order valence-corrected chi connectivity index (χ1v) is 16.3. The Bertz CT molecular complexity index is 1480. The van der Waals surface area contributed by atoms with Crippen molar-refractivity contribution < 1.29 is 37.0 Å². The molecule has 0 spiro atoms. The van der Waals surface area contributed by atoms with Gasteiger partial charge in [-0.3, -0.25) is 4.79 Å². The van der Waals surface area contributed by atoms with E-state index in [9.17, 15) is 22.8 Å². The Morgan fingerprint density at radius 3 is 2.12 bits per heavy atom. The van der Waals surface area contributed by atoms with Gasteiger partial charge in [-0.05, 0) is 74.6 Å². The minimum Gasteiger partial charge on any atom is -0.494 e. The number of alkyl carbamates (subject to hydrolysis) is 1. The number of alkyl halides is 4. The molecule has 0 radical (unpaired) electrons. The van der Waals surface area contributed by atoms with Crippen molar-refractivity contribution in [2.45, 2.75) is 59.4 Å². The van der Waals surface area contributed by atoms with Gasteiger partial charge in [0.05, 0.1) is 6.61 Å². The van der Waals surface area contributed by atoms with E-state index in [1.165, 1.54) is 6.07 Å². The minimum absolute atomic E-state index is 0.177. The van der Waals surface area contributed by atoms with Crippen molar-refractivity contribution in [1.82, 2.24) is 20.6 Å². The SMILES string of the molecule is CC(C)(CNC(=O)OC(C)(C)C)CNC(=O)c1ccc(Nc2cc(NCc3ccc(OCCCBr)cc3)nc(OCC(F)(F)F)n2)cc1. The monoisotopic (exact) mass is 738 g/mol. The van der Waals surface area contributed by atoms with Gasteiger partial charge in [0.1, 0.15) is 23.0 Å². The summed E-state index contributed by atoms with van der Waals surface area (Å²) in [7, 11) is 0. The summed E-state index contributed by atoms with van der Waals surface area (Å²) in [5.74, 6) is 0.830. The number of nitrogens with zero attached hydrogens (tertiary/aromatic N) is 2. The lowest BCUT2D eigenvalue weighted by Gasteiger charge is -2.26. The number of aromatic nitrogens is 2. The topological polar surface area (TPSA) is 136 Å². The van der Waals surface area contributed by atoms with E-state index >= 15 is 0 Å². The van der Waals surface area contributed by atoms with Crippen molar-refractivity contribution in [3.05, 3.63) is 65.7 Å². The Morgan fingerprint density at radius 1 is 0.854 bits per heavy atom. The molecule has 3 aromatic rings. The third-order valence-corrected chi connectivity index (χ3v) is 6.83. The largest absolute Gasteiger partial charge is 0.494 e. The van der Waals surface area contributed by atoms with Crippen LogP contribution >= 0.6 is 15.9 Å². The average molecular weight is 740 g/mol. The van der Waals surface area contributed by atoms with Crippen LogP contribution in [0.25, 0.3) is 0 Å². The summed E-state index contributed by atoms with van der Waals surface area (Å²) >= 11 is 3.36. The van der Waals surface area contributed by atoms with E-state index < -0.39 is 35.9 Å². The zero-order valence-corrected chi connectivity index (χ0v) is 29.2. The van der Waals surface area contributed by atoms with Crippen molar-refractivity contribution in [2.75, 3.05) is 42.3 Å². The van der Waals surface area contributed by atoms with E-state index in [2.05, 4.69) is 47.2 Å². The standard InChI is InChI=1S/C33H42BrF3N6O5/c1-31(2,3)48-30(45)40-20-32(4,5)19-39-28(44)23-9-11-24(12-10-23)41-27-17-26(42-29(43-27)47-21-33(35,36)37)38-18-22-7-13-25(14-8-22)46-16-6-15-34/h7-14,17H,6,15-16,18-21H2,1-5H3,(H,39,44)(H,40,45)(H2,38,41,42,43). The number of halogens is 4. The van der Waals surface area contributed by atoms with Crippen molar-refractivity contribution in [2.24, 2.45) is 5.41 Å². The summed E-state index contributed by atoms with van der Waals surface area (Å²) in [6, 6.07) is 15.0. The summed E-state index contributed by atoms with van der Waals surface area (Å²) in [6.07, 6.45) is -4.23. The zero-order chi connectivity index (χ0) is 35.4. The molecular weight excluding hydrogens is 697 g/mol. The van der Waals surface area contributed by atoms with Crippen molar-refractivity contribution in [1.29, 1.82) is 0 Å². The maximum Gasteiger partial charge on any atom is 0.422 e. The van der Waals surface area contributed by atoms with Gasteiger partial charge in [-0.15, -0.1) is 0 Å². The van der Waals surface area contributed by atoms with E-state index in [0.29, 0.717) is 24.4 Å². The Labute approximate surface area is 286 Å². The van der Waals surface area contributed by atoms with Gasteiger partial charge < -0.3 is 35.5 Å². The van der Waals surface area contributed by atoms with E-state index in [4.69, 9.17) is 14.2 Å². The number of amides is 2. The van der Waals surface area contributed by atoms with Crippen LogP contribution in [0, 0.1) is 5.41 Å². The van der Waals surface area contributed by atoms with Gasteiger partial charge in [0, 0.05) is 42.3 Å². The summed E-state index contributed by atoms with van der Waals surface area (Å²) in [4.78, 5) is 32.9. The number of benzene rings is 2. The van der Waals surface area contributed by atoms with Crippen LogP contribution in [0.5, 0.6) is 11.8 Å². The van der Waals surface area contributed by atoms with Crippen molar-refractivity contribution in [3.63, 3.8) is 0 Å². The maximum atomic E-state index is 12.9. The molecule has 0 saturated heterocycles. The van der Waals surface area contributed by atoms with E-state index in [1.807, 2.05) is 38.1 Å². The molecule has 0 aliphatic heterocycles. The molecule has 0 fully saturated rings. The fourth-order valence-corrected chi connectivity index (χ4v) is 4.12. The molecule has 2 amide bonds. The van der Waals surface area contributed by atoms with Crippen LogP contribution in [0.2, 0.25) is 0 Å². The lowest BCUT2D eigenvalue weighted by molar-refractivity contribution is -0.154. The molecule has 3 rings (SSSR count). The minimum atomic E-state index is -4.57. The third kappa shape index (κ3) is 14.7. The first-order chi connectivity index (χ1) is 22.5. The highest BCUT2D eigenvalue weighted by Gasteiger charge is 2.29. The maximum absolute atomic E-state index is 12.9. The van der Waals surface area contributed by atoms with Gasteiger partial charge in [-0.1, -0.05) is 41.9 Å². The second-order valence-corrected chi connectivity index (χ2v) is 13.4. The lowest BCUT2D eigenvalue weighted by Crippen LogP contribution is -2.43.